The number of nitrogens with one attached hydrogen (secondary N) is 1. The van der Waals surface area contributed by atoms with Crippen LogP contribution >= 0.6 is 11.3 Å². The number of amides is 1. The molecule has 0 saturated carbocycles. The minimum atomic E-state index is -0.963. The van der Waals surface area contributed by atoms with Crippen LogP contribution in [0.25, 0.3) is 0 Å². The van der Waals surface area contributed by atoms with Crippen LogP contribution in [0.4, 0.5) is 14.5 Å². The molecule has 0 bridgehead atoms. The van der Waals surface area contributed by atoms with Crippen LogP contribution < -0.4 is 5.32 Å². The standard InChI is InChI=1S/C17H19F2N3OS/c18-15-4-3-13(10-16(15)19)20-17(23)12-22-7-5-21(6-8-22)11-14-2-1-9-24-14/h1-4,9-10H,5-8,11-12H2,(H,20,23). The molecule has 1 aliphatic rings. The molecule has 24 heavy (non-hydrogen) atoms. The van der Waals surface area contributed by atoms with Gasteiger partial charge in [-0.2, -0.15) is 0 Å². The van der Waals surface area contributed by atoms with Crippen molar-refractivity contribution < 1.29 is 13.6 Å². The van der Waals surface area contributed by atoms with Crippen molar-refractivity contribution in [2.24, 2.45) is 0 Å². The molecule has 1 saturated heterocycles. The molecule has 1 aliphatic heterocycles. The van der Waals surface area contributed by atoms with Gasteiger partial charge in [0, 0.05) is 49.4 Å². The summed E-state index contributed by atoms with van der Waals surface area (Å²) < 4.78 is 26.0. The van der Waals surface area contributed by atoms with Crippen molar-refractivity contribution in [1.29, 1.82) is 0 Å². The number of carbonyl (C=O) groups excluding carboxylic acids is 1. The summed E-state index contributed by atoms with van der Waals surface area (Å²) in [7, 11) is 0. The first kappa shape index (κ1) is 17.0. The van der Waals surface area contributed by atoms with Crippen LogP contribution in [0.5, 0.6) is 0 Å². The van der Waals surface area contributed by atoms with E-state index in [1.165, 1.54) is 10.9 Å². The maximum absolute atomic E-state index is 13.1. The molecule has 2 aromatic rings. The molecule has 0 radical (unpaired) electrons. The molecule has 7 heteroatoms. The van der Waals surface area contributed by atoms with Crippen LogP contribution in [0.3, 0.4) is 0 Å². The number of halogens is 2. The van der Waals surface area contributed by atoms with Crippen molar-refractivity contribution in [2.75, 3.05) is 38.0 Å². The van der Waals surface area contributed by atoms with Gasteiger partial charge in [0.25, 0.3) is 0 Å². The highest BCUT2D eigenvalue weighted by Crippen LogP contribution is 2.15. The number of hydrogen-bond acceptors (Lipinski definition) is 4. The minimum Gasteiger partial charge on any atom is -0.325 e. The van der Waals surface area contributed by atoms with Crippen molar-refractivity contribution in [3.8, 4) is 0 Å². The van der Waals surface area contributed by atoms with Gasteiger partial charge in [0.1, 0.15) is 0 Å². The Kier molecular flexibility index (Phi) is 5.55. The molecule has 4 nitrogen and oxygen atoms in total. The number of benzene rings is 1. The second-order valence-electron chi connectivity index (χ2n) is 5.81. The molecule has 1 N–H and O–H groups in total. The van der Waals surface area contributed by atoms with Crippen LogP contribution in [0.2, 0.25) is 0 Å². The molecule has 128 valence electrons. The zero-order valence-electron chi connectivity index (χ0n) is 13.2. The Morgan fingerprint density at radius 2 is 1.83 bits per heavy atom. The summed E-state index contributed by atoms with van der Waals surface area (Å²) >= 11 is 1.75. The Bertz CT molecular complexity index is 685. The lowest BCUT2D eigenvalue weighted by Crippen LogP contribution is -2.48. The normalized spacial score (nSPS) is 16.2. The third kappa shape index (κ3) is 4.59. The summed E-state index contributed by atoms with van der Waals surface area (Å²) in [4.78, 5) is 17.8. The lowest BCUT2D eigenvalue weighted by atomic mass is 10.2. The molecule has 2 heterocycles. The summed E-state index contributed by atoms with van der Waals surface area (Å²) in [5.41, 5.74) is 0.273. The molecule has 0 aliphatic carbocycles. The Morgan fingerprint density at radius 1 is 1.08 bits per heavy atom. The van der Waals surface area contributed by atoms with Gasteiger partial charge in [-0.25, -0.2) is 8.78 Å². The van der Waals surface area contributed by atoms with Crippen molar-refractivity contribution >= 4 is 22.9 Å². The summed E-state index contributed by atoms with van der Waals surface area (Å²) in [6.07, 6.45) is 0. The molecular weight excluding hydrogens is 332 g/mol. The fraction of sp³-hybridized carbons (Fsp3) is 0.353. The Labute approximate surface area is 143 Å². The van der Waals surface area contributed by atoms with E-state index in [0.29, 0.717) is 0 Å². The van der Waals surface area contributed by atoms with Crippen LogP contribution in [0.15, 0.2) is 35.7 Å². The van der Waals surface area contributed by atoms with E-state index in [2.05, 4.69) is 32.6 Å². The van der Waals surface area contributed by atoms with Crippen LogP contribution in [-0.2, 0) is 11.3 Å². The zero-order chi connectivity index (χ0) is 16.9. The van der Waals surface area contributed by atoms with Gasteiger partial charge in [0.2, 0.25) is 5.91 Å². The number of carbonyl (C=O) groups is 1. The van der Waals surface area contributed by atoms with E-state index in [0.717, 1.165) is 44.9 Å². The molecule has 1 amide bonds. The van der Waals surface area contributed by atoms with E-state index < -0.39 is 11.6 Å². The largest absolute Gasteiger partial charge is 0.325 e. The topological polar surface area (TPSA) is 35.6 Å². The number of nitrogens with zero attached hydrogens (tertiary/aromatic N) is 2. The van der Waals surface area contributed by atoms with Crippen molar-refractivity contribution in [1.82, 2.24) is 9.80 Å². The monoisotopic (exact) mass is 351 g/mol. The predicted octanol–water partition coefficient (Wildman–Crippen LogP) is 2.78. The first-order chi connectivity index (χ1) is 11.6. The quantitative estimate of drug-likeness (QED) is 0.900. The summed E-state index contributed by atoms with van der Waals surface area (Å²) in [5.74, 6) is -2.10. The number of hydrogen-bond donors (Lipinski definition) is 1. The number of rotatable bonds is 5. The van der Waals surface area contributed by atoms with Crippen molar-refractivity contribution in [2.45, 2.75) is 6.54 Å². The Hall–Kier alpha value is -1.83. The van der Waals surface area contributed by atoms with Crippen molar-refractivity contribution in [3.05, 3.63) is 52.2 Å². The maximum atomic E-state index is 13.1. The Morgan fingerprint density at radius 3 is 2.50 bits per heavy atom. The Balaban J connectivity index is 1.43. The van der Waals surface area contributed by atoms with Gasteiger partial charge in [-0.1, -0.05) is 6.07 Å². The summed E-state index contributed by atoms with van der Waals surface area (Å²) in [6.45, 7) is 4.66. The van der Waals surface area contributed by atoms with Gasteiger partial charge in [-0.3, -0.25) is 14.6 Å². The number of anilines is 1. The fourth-order valence-corrected chi connectivity index (χ4v) is 3.45. The van der Waals surface area contributed by atoms with Crippen LogP contribution in [-0.4, -0.2) is 48.4 Å². The second kappa shape index (κ2) is 7.83. The molecule has 1 aromatic carbocycles. The van der Waals surface area contributed by atoms with E-state index in [4.69, 9.17) is 0 Å². The average Bonchev–Trinajstić information content (AvgIpc) is 3.06. The highest BCUT2D eigenvalue weighted by molar-refractivity contribution is 7.09. The zero-order valence-corrected chi connectivity index (χ0v) is 14.0. The molecular formula is C17H19F2N3OS. The van der Waals surface area contributed by atoms with E-state index in [9.17, 15) is 13.6 Å². The van der Waals surface area contributed by atoms with Gasteiger partial charge in [0.05, 0.1) is 6.54 Å². The van der Waals surface area contributed by atoms with Gasteiger partial charge in [-0.05, 0) is 23.6 Å². The molecule has 0 atom stereocenters. The summed E-state index contributed by atoms with van der Waals surface area (Å²) in [6, 6.07) is 7.54. The lowest BCUT2D eigenvalue weighted by molar-refractivity contribution is -0.117. The highest BCUT2D eigenvalue weighted by atomic mass is 32.1. The second-order valence-corrected chi connectivity index (χ2v) is 6.84. The minimum absolute atomic E-state index is 0.215. The lowest BCUT2D eigenvalue weighted by Gasteiger charge is -2.34. The van der Waals surface area contributed by atoms with Gasteiger partial charge >= 0.3 is 0 Å². The molecule has 1 aromatic heterocycles. The van der Waals surface area contributed by atoms with Gasteiger partial charge < -0.3 is 5.32 Å². The predicted molar refractivity (Wildman–Crippen MR) is 91.0 cm³/mol. The smallest absolute Gasteiger partial charge is 0.238 e. The maximum Gasteiger partial charge on any atom is 0.238 e. The molecule has 0 spiro atoms. The highest BCUT2D eigenvalue weighted by Gasteiger charge is 2.19. The molecule has 3 rings (SSSR count). The van der Waals surface area contributed by atoms with E-state index in [-0.39, 0.29) is 18.1 Å². The van der Waals surface area contributed by atoms with E-state index >= 15 is 0 Å². The fourth-order valence-electron chi connectivity index (χ4n) is 2.71. The molecule has 1 fully saturated rings. The van der Waals surface area contributed by atoms with Crippen molar-refractivity contribution in [3.63, 3.8) is 0 Å². The third-order valence-corrected chi connectivity index (χ3v) is 4.86. The van der Waals surface area contributed by atoms with Gasteiger partial charge in [-0.15, -0.1) is 11.3 Å². The first-order valence-electron chi connectivity index (χ1n) is 7.82. The number of piperazine rings is 1. The first-order valence-corrected chi connectivity index (χ1v) is 8.70. The van der Waals surface area contributed by atoms with Crippen LogP contribution in [0, 0.1) is 11.6 Å². The van der Waals surface area contributed by atoms with E-state index in [1.54, 1.807) is 11.3 Å². The average molecular weight is 351 g/mol. The number of thiophene rings is 1. The van der Waals surface area contributed by atoms with Crippen LogP contribution in [0.1, 0.15) is 4.88 Å². The van der Waals surface area contributed by atoms with Gasteiger partial charge in [0.15, 0.2) is 11.6 Å². The SMILES string of the molecule is O=C(CN1CCN(Cc2cccs2)CC1)Nc1ccc(F)c(F)c1. The third-order valence-electron chi connectivity index (χ3n) is 4.00. The summed E-state index contributed by atoms with van der Waals surface area (Å²) in [5, 5.41) is 4.68. The van der Waals surface area contributed by atoms with E-state index in [1.807, 2.05) is 0 Å². The molecule has 0 unspecified atom stereocenters.